The first-order chi connectivity index (χ1) is 15.8. The van der Waals surface area contributed by atoms with Gasteiger partial charge in [0, 0.05) is 18.9 Å². The molecule has 2 aromatic carbocycles. The van der Waals surface area contributed by atoms with Crippen LogP contribution in [0.1, 0.15) is 22.6 Å². The van der Waals surface area contributed by atoms with Gasteiger partial charge >= 0.3 is 0 Å². The molecule has 0 aliphatic carbocycles. The van der Waals surface area contributed by atoms with E-state index in [1.807, 2.05) is 18.2 Å². The summed E-state index contributed by atoms with van der Waals surface area (Å²) in [6.45, 7) is 0. The lowest BCUT2D eigenvalue weighted by Crippen LogP contribution is -2.26. The summed E-state index contributed by atoms with van der Waals surface area (Å²) in [7, 11) is 5.07. The molecule has 0 saturated heterocycles. The van der Waals surface area contributed by atoms with Crippen LogP contribution in [-0.4, -0.2) is 52.4 Å². The summed E-state index contributed by atoms with van der Waals surface area (Å²) < 4.78 is 26.6. The molecule has 0 radical (unpaired) electrons. The Labute approximate surface area is 200 Å². The van der Waals surface area contributed by atoms with Crippen LogP contribution < -0.4 is 14.3 Å². The van der Waals surface area contributed by atoms with Crippen LogP contribution in [0.5, 0.6) is 11.5 Å². The van der Waals surface area contributed by atoms with E-state index in [1.54, 1.807) is 30.5 Å². The smallest absolute Gasteiger partial charge is 0.206 e. The zero-order valence-electron chi connectivity index (χ0n) is 19.3. The Hall–Kier alpha value is -2.82. The van der Waals surface area contributed by atoms with Crippen molar-refractivity contribution in [3.8, 4) is 11.5 Å². The molecule has 0 saturated carbocycles. The SMILES string of the molecule is COc1cc(CC(=N)n2nc(CCCc3ccccc3)sc2=N)c(S(=O)N(C)C)cc1OC. The summed E-state index contributed by atoms with van der Waals surface area (Å²) in [5.41, 5.74) is 1.94. The van der Waals surface area contributed by atoms with Crippen molar-refractivity contribution in [3.63, 3.8) is 0 Å². The lowest BCUT2D eigenvalue weighted by atomic mass is 10.1. The predicted octanol–water partition coefficient (Wildman–Crippen LogP) is 3.27. The van der Waals surface area contributed by atoms with Gasteiger partial charge in [-0.2, -0.15) is 9.78 Å². The zero-order valence-corrected chi connectivity index (χ0v) is 20.9. The fraction of sp³-hybridized carbons (Fsp3) is 0.348. The summed E-state index contributed by atoms with van der Waals surface area (Å²) in [5.74, 6) is 1.10. The van der Waals surface area contributed by atoms with E-state index < -0.39 is 11.0 Å². The van der Waals surface area contributed by atoms with Crippen molar-refractivity contribution >= 4 is 28.2 Å². The van der Waals surface area contributed by atoms with E-state index in [-0.39, 0.29) is 17.1 Å². The van der Waals surface area contributed by atoms with Crippen LogP contribution in [0, 0.1) is 10.8 Å². The van der Waals surface area contributed by atoms with Crippen molar-refractivity contribution in [2.75, 3.05) is 28.3 Å². The summed E-state index contributed by atoms with van der Waals surface area (Å²) in [4.78, 5) is 0.735. The van der Waals surface area contributed by atoms with E-state index in [0.29, 0.717) is 22.0 Å². The number of aromatic nitrogens is 2. The minimum atomic E-state index is -1.44. The van der Waals surface area contributed by atoms with Crippen LogP contribution in [0.25, 0.3) is 0 Å². The summed E-state index contributed by atoms with van der Waals surface area (Å²) >= 11 is 1.28. The fourth-order valence-corrected chi connectivity index (χ4v) is 5.15. The second-order valence-corrected chi connectivity index (χ2v) is 10.3. The molecule has 3 rings (SSSR count). The third kappa shape index (κ3) is 6.16. The Morgan fingerprint density at radius 2 is 1.79 bits per heavy atom. The standard InChI is InChI=1S/C23H29N5O3S2/c1-27(2)33(29)20-15-19(31-4)18(30-3)13-17(20)14-21(24)28-23(25)32-22(26-28)12-8-11-16-9-6-5-7-10-16/h5-7,9-10,13,15,24-25H,8,11-12,14H2,1-4H3. The lowest BCUT2D eigenvalue weighted by Gasteiger charge is -2.17. The summed E-state index contributed by atoms with van der Waals surface area (Å²) in [6, 6.07) is 13.7. The first-order valence-electron chi connectivity index (χ1n) is 10.4. The average molecular weight is 488 g/mol. The second kappa shape index (κ2) is 11.4. The quantitative estimate of drug-likeness (QED) is 0.338. The monoisotopic (exact) mass is 487 g/mol. The Morgan fingerprint density at radius 3 is 2.42 bits per heavy atom. The molecular formula is C23H29N5O3S2. The van der Waals surface area contributed by atoms with Gasteiger partial charge in [-0.1, -0.05) is 41.7 Å². The van der Waals surface area contributed by atoms with Crippen molar-refractivity contribution in [3.05, 3.63) is 63.4 Å². The normalized spacial score (nSPS) is 12.0. The number of rotatable bonds is 10. The third-order valence-corrected chi connectivity index (χ3v) is 7.32. The zero-order chi connectivity index (χ0) is 24.0. The Kier molecular flexibility index (Phi) is 8.54. The molecule has 1 heterocycles. The molecule has 8 nitrogen and oxygen atoms in total. The van der Waals surface area contributed by atoms with Crippen molar-refractivity contribution < 1.29 is 13.7 Å². The highest BCUT2D eigenvalue weighted by atomic mass is 32.2. The molecule has 0 spiro atoms. The van der Waals surface area contributed by atoms with Crippen LogP contribution in [-0.2, 0) is 30.2 Å². The molecule has 1 aromatic heterocycles. The van der Waals surface area contributed by atoms with E-state index in [2.05, 4.69) is 17.2 Å². The van der Waals surface area contributed by atoms with Crippen molar-refractivity contribution in [1.29, 1.82) is 10.8 Å². The lowest BCUT2D eigenvalue weighted by molar-refractivity contribution is 0.353. The number of benzene rings is 2. The molecule has 1 atom stereocenters. The van der Waals surface area contributed by atoms with Gasteiger partial charge in [-0.05, 0) is 44.1 Å². The molecule has 10 heteroatoms. The molecule has 0 fully saturated rings. The topological polar surface area (TPSA) is 104 Å². The van der Waals surface area contributed by atoms with E-state index in [4.69, 9.17) is 20.3 Å². The minimum absolute atomic E-state index is 0.134. The van der Waals surface area contributed by atoms with Gasteiger partial charge in [-0.3, -0.25) is 10.8 Å². The molecule has 0 aliphatic heterocycles. The largest absolute Gasteiger partial charge is 0.493 e. The van der Waals surface area contributed by atoms with Gasteiger partial charge in [0.25, 0.3) is 0 Å². The molecule has 33 heavy (non-hydrogen) atoms. The van der Waals surface area contributed by atoms with E-state index in [0.717, 1.165) is 24.3 Å². The molecule has 0 aliphatic rings. The van der Waals surface area contributed by atoms with Crippen LogP contribution >= 0.6 is 11.3 Å². The molecule has 0 bridgehead atoms. The number of aryl methyl sites for hydroxylation is 2. The molecule has 3 aromatic rings. The van der Waals surface area contributed by atoms with Crippen LogP contribution in [0.4, 0.5) is 0 Å². The van der Waals surface area contributed by atoms with E-state index >= 15 is 0 Å². The number of methoxy groups -OCH3 is 2. The highest BCUT2D eigenvalue weighted by molar-refractivity contribution is 7.82. The van der Waals surface area contributed by atoms with Crippen molar-refractivity contribution in [2.45, 2.75) is 30.6 Å². The molecular weight excluding hydrogens is 458 g/mol. The van der Waals surface area contributed by atoms with Crippen LogP contribution in [0.15, 0.2) is 47.4 Å². The third-order valence-electron chi connectivity index (χ3n) is 5.02. The van der Waals surface area contributed by atoms with E-state index in [9.17, 15) is 4.21 Å². The number of nitrogens with one attached hydrogen (secondary N) is 2. The Bertz CT molecular complexity index is 1190. The Balaban J connectivity index is 1.79. The first-order valence-corrected chi connectivity index (χ1v) is 12.4. The number of hydrogen-bond donors (Lipinski definition) is 2. The predicted molar refractivity (Wildman–Crippen MR) is 131 cm³/mol. The Morgan fingerprint density at radius 1 is 1.12 bits per heavy atom. The van der Waals surface area contributed by atoms with Gasteiger partial charge in [0.05, 0.1) is 19.1 Å². The van der Waals surface area contributed by atoms with Gasteiger partial charge in [0.15, 0.2) is 11.5 Å². The second-order valence-electron chi connectivity index (χ2n) is 7.55. The highest BCUT2D eigenvalue weighted by Gasteiger charge is 2.20. The highest BCUT2D eigenvalue weighted by Crippen LogP contribution is 2.33. The van der Waals surface area contributed by atoms with Gasteiger partial charge in [0.2, 0.25) is 4.80 Å². The minimum Gasteiger partial charge on any atom is -0.493 e. The maximum absolute atomic E-state index is 12.9. The van der Waals surface area contributed by atoms with Crippen molar-refractivity contribution in [1.82, 2.24) is 14.1 Å². The molecule has 2 N–H and O–H groups in total. The van der Waals surface area contributed by atoms with E-state index in [1.165, 1.54) is 35.8 Å². The number of nitrogens with zero attached hydrogens (tertiary/aromatic N) is 3. The number of ether oxygens (including phenoxy) is 2. The molecule has 176 valence electrons. The van der Waals surface area contributed by atoms with Crippen molar-refractivity contribution in [2.24, 2.45) is 0 Å². The first kappa shape index (κ1) is 24.8. The van der Waals surface area contributed by atoms with Gasteiger partial charge < -0.3 is 9.47 Å². The molecule has 1 unspecified atom stereocenters. The molecule has 0 amide bonds. The summed E-state index contributed by atoms with van der Waals surface area (Å²) in [6.07, 6.45) is 2.76. The average Bonchev–Trinajstić information content (AvgIpc) is 3.19. The van der Waals surface area contributed by atoms with Gasteiger partial charge in [-0.15, -0.1) is 0 Å². The fourth-order valence-electron chi connectivity index (χ4n) is 3.36. The van der Waals surface area contributed by atoms with Crippen LogP contribution in [0.3, 0.4) is 0 Å². The number of hydrogen-bond acceptors (Lipinski definition) is 7. The maximum atomic E-state index is 12.9. The summed E-state index contributed by atoms with van der Waals surface area (Å²) in [5, 5.41) is 22.2. The van der Waals surface area contributed by atoms with Crippen LogP contribution in [0.2, 0.25) is 0 Å². The van der Waals surface area contributed by atoms with Gasteiger partial charge in [-0.25, -0.2) is 8.51 Å². The maximum Gasteiger partial charge on any atom is 0.206 e. The van der Waals surface area contributed by atoms with Gasteiger partial charge in [0.1, 0.15) is 21.8 Å².